The van der Waals surface area contributed by atoms with Crippen molar-refractivity contribution in [3.05, 3.63) is 70.2 Å². The van der Waals surface area contributed by atoms with Crippen molar-refractivity contribution in [2.75, 3.05) is 0 Å². The number of carbonyl (C=O) groups is 1. The van der Waals surface area contributed by atoms with E-state index < -0.39 is 0 Å². The standard InChI is InChI=1S/C20H24ClN3O/c1-13(2)15-8-6-14(7-9-15)12-22-20(25)19-11-18(23-24-19)16-4-3-5-17(21)10-16/h3-10,13,18-19,23-24H,11-12H2,1-2H3,(H,22,25). The quantitative estimate of drug-likeness (QED) is 0.765. The summed E-state index contributed by atoms with van der Waals surface area (Å²) in [5.41, 5.74) is 9.76. The number of amides is 1. The molecule has 1 saturated heterocycles. The number of benzene rings is 2. The summed E-state index contributed by atoms with van der Waals surface area (Å²) in [6, 6.07) is 15.9. The summed E-state index contributed by atoms with van der Waals surface area (Å²) in [6.07, 6.45) is 0.693. The zero-order valence-corrected chi connectivity index (χ0v) is 15.3. The van der Waals surface area contributed by atoms with Gasteiger partial charge in [0.15, 0.2) is 0 Å². The maximum Gasteiger partial charge on any atom is 0.238 e. The minimum atomic E-state index is -0.251. The normalized spacial score (nSPS) is 20.0. The van der Waals surface area contributed by atoms with E-state index >= 15 is 0 Å². The van der Waals surface area contributed by atoms with Crippen LogP contribution in [0.4, 0.5) is 0 Å². The Labute approximate surface area is 153 Å². The van der Waals surface area contributed by atoms with Gasteiger partial charge in [-0.25, -0.2) is 10.9 Å². The Morgan fingerprint density at radius 2 is 1.96 bits per heavy atom. The van der Waals surface area contributed by atoms with Crippen molar-refractivity contribution in [3.8, 4) is 0 Å². The number of hydrazine groups is 1. The third kappa shape index (κ3) is 4.60. The van der Waals surface area contributed by atoms with Gasteiger partial charge >= 0.3 is 0 Å². The highest BCUT2D eigenvalue weighted by atomic mass is 35.5. The van der Waals surface area contributed by atoms with Gasteiger partial charge in [-0.05, 0) is 41.2 Å². The topological polar surface area (TPSA) is 53.2 Å². The second-order valence-corrected chi connectivity index (χ2v) is 7.24. The van der Waals surface area contributed by atoms with E-state index in [1.165, 1.54) is 5.56 Å². The molecule has 1 aliphatic rings. The number of carbonyl (C=O) groups excluding carboxylic acids is 1. The molecule has 2 unspecified atom stereocenters. The van der Waals surface area contributed by atoms with Crippen LogP contribution >= 0.6 is 11.6 Å². The molecule has 1 aliphatic heterocycles. The van der Waals surface area contributed by atoms with Gasteiger partial charge in [-0.1, -0.05) is 61.8 Å². The first kappa shape index (κ1) is 17.9. The molecule has 0 aromatic heterocycles. The summed E-state index contributed by atoms with van der Waals surface area (Å²) >= 11 is 6.04. The lowest BCUT2D eigenvalue weighted by molar-refractivity contribution is -0.123. The molecule has 4 nitrogen and oxygen atoms in total. The molecule has 2 aromatic rings. The highest BCUT2D eigenvalue weighted by molar-refractivity contribution is 6.30. The monoisotopic (exact) mass is 357 g/mol. The number of halogens is 1. The Morgan fingerprint density at radius 3 is 2.64 bits per heavy atom. The van der Waals surface area contributed by atoms with Gasteiger partial charge < -0.3 is 5.32 Å². The molecule has 1 amide bonds. The molecule has 0 spiro atoms. The molecule has 5 heteroatoms. The van der Waals surface area contributed by atoms with Gasteiger partial charge in [0.2, 0.25) is 5.91 Å². The predicted molar refractivity (Wildman–Crippen MR) is 101 cm³/mol. The molecule has 2 aromatic carbocycles. The van der Waals surface area contributed by atoms with Crippen molar-refractivity contribution < 1.29 is 4.79 Å². The molecule has 0 radical (unpaired) electrons. The van der Waals surface area contributed by atoms with E-state index in [1.807, 2.05) is 24.3 Å². The maximum atomic E-state index is 12.4. The van der Waals surface area contributed by atoms with Crippen LogP contribution in [-0.2, 0) is 11.3 Å². The average Bonchev–Trinajstić information content (AvgIpc) is 3.10. The molecular formula is C20H24ClN3O. The Kier molecular flexibility index (Phi) is 5.74. The SMILES string of the molecule is CC(C)c1ccc(CNC(=O)C2CC(c3cccc(Cl)c3)NN2)cc1. The van der Waals surface area contributed by atoms with E-state index in [1.54, 1.807) is 0 Å². The van der Waals surface area contributed by atoms with Crippen LogP contribution in [0.25, 0.3) is 0 Å². The Balaban J connectivity index is 1.52. The molecule has 0 aliphatic carbocycles. The molecule has 3 N–H and O–H groups in total. The minimum Gasteiger partial charge on any atom is -0.351 e. The number of rotatable bonds is 5. The summed E-state index contributed by atoms with van der Waals surface area (Å²) < 4.78 is 0. The smallest absolute Gasteiger partial charge is 0.238 e. The fourth-order valence-corrected chi connectivity index (χ4v) is 3.20. The third-order valence-electron chi connectivity index (χ3n) is 4.58. The predicted octanol–water partition coefficient (Wildman–Crippen LogP) is 3.69. The van der Waals surface area contributed by atoms with Crippen LogP contribution in [0, 0.1) is 0 Å². The van der Waals surface area contributed by atoms with E-state index in [-0.39, 0.29) is 18.0 Å². The average molecular weight is 358 g/mol. The molecule has 2 atom stereocenters. The van der Waals surface area contributed by atoms with E-state index in [9.17, 15) is 4.79 Å². The minimum absolute atomic E-state index is 0.00460. The van der Waals surface area contributed by atoms with Crippen molar-refractivity contribution in [1.29, 1.82) is 0 Å². The van der Waals surface area contributed by atoms with Crippen LogP contribution in [0.1, 0.15) is 48.9 Å². The number of hydrogen-bond acceptors (Lipinski definition) is 3. The van der Waals surface area contributed by atoms with Gasteiger partial charge in [-0.3, -0.25) is 4.79 Å². The number of nitrogens with one attached hydrogen (secondary N) is 3. The van der Waals surface area contributed by atoms with E-state index in [2.05, 4.69) is 54.3 Å². The zero-order valence-electron chi connectivity index (χ0n) is 14.6. The van der Waals surface area contributed by atoms with Crippen LogP contribution in [0.2, 0.25) is 5.02 Å². The Bertz CT molecular complexity index is 730. The zero-order chi connectivity index (χ0) is 17.8. The van der Waals surface area contributed by atoms with Crippen molar-refractivity contribution >= 4 is 17.5 Å². The van der Waals surface area contributed by atoms with Gasteiger partial charge in [0.05, 0.1) is 0 Å². The lowest BCUT2D eigenvalue weighted by Crippen LogP contribution is -2.42. The third-order valence-corrected chi connectivity index (χ3v) is 4.82. The van der Waals surface area contributed by atoms with Crippen LogP contribution in [0.3, 0.4) is 0 Å². The molecular weight excluding hydrogens is 334 g/mol. The van der Waals surface area contributed by atoms with Crippen LogP contribution in [0.5, 0.6) is 0 Å². The molecule has 132 valence electrons. The summed E-state index contributed by atoms with van der Waals surface area (Å²) in [6.45, 7) is 4.88. The molecule has 1 fully saturated rings. The lowest BCUT2D eigenvalue weighted by atomic mass is 10.0. The first-order chi connectivity index (χ1) is 12.0. The van der Waals surface area contributed by atoms with Crippen LogP contribution in [0.15, 0.2) is 48.5 Å². The summed E-state index contributed by atoms with van der Waals surface area (Å²) in [5.74, 6) is 0.519. The van der Waals surface area contributed by atoms with Crippen LogP contribution in [-0.4, -0.2) is 11.9 Å². The summed E-state index contributed by atoms with van der Waals surface area (Å²) in [4.78, 5) is 12.4. The second-order valence-electron chi connectivity index (χ2n) is 6.80. The highest BCUT2D eigenvalue weighted by Crippen LogP contribution is 2.24. The summed E-state index contributed by atoms with van der Waals surface area (Å²) in [7, 11) is 0. The fourth-order valence-electron chi connectivity index (χ4n) is 3.00. The maximum absolute atomic E-state index is 12.4. The molecule has 0 saturated carbocycles. The molecule has 0 bridgehead atoms. The summed E-state index contributed by atoms with van der Waals surface area (Å²) in [5, 5.41) is 3.71. The Hall–Kier alpha value is -1.88. The molecule has 3 rings (SSSR count). The lowest BCUT2D eigenvalue weighted by Gasteiger charge is -2.12. The van der Waals surface area contributed by atoms with Crippen LogP contribution < -0.4 is 16.2 Å². The van der Waals surface area contributed by atoms with Gasteiger partial charge in [-0.15, -0.1) is 0 Å². The van der Waals surface area contributed by atoms with Crippen molar-refractivity contribution in [1.82, 2.24) is 16.2 Å². The second kappa shape index (κ2) is 8.00. The van der Waals surface area contributed by atoms with Gasteiger partial charge in [0, 0.05) is 17.6 Å². The first-order valence-electron chi connectivity index (χ1n) is 8.66. The van der Waals surface area contributed by atoms with E-state index in [4.69, 9.17) is 11.6 Å². The molecule has 1 heterocycles. The van der Waals surface area contributed by atoms with Gasteiger partial charge in [0.1, 0.15) is 6.04 Å². The largest absolute Gasteiger partial charge is 0.351 e. The van der Waals surface area contributed by atoms with Crippen molar-refractivity contribution in [2.45, 2.75) is 44.8 Å². The van der Waals surface area contributed by atoms with E-state index in [0.717, 1.165) is 11.1 Å². The van der Waals surface area contributed by atoms with E-state index in [0.29, 0.717) is 23.9 Å². The fraction of sp³-hybridized carbons (Fsp3) is 0.350. The number of hydrogen-bond donors (Lipinski definition) is 3. The van der Waals surface area contributed by atoms with Crippen molar-refractivity contribution in [2.24, 2.45) is 0 Å². The van der Waals surface area contributed by atoms with Gasteiger partial charge in [-0.2, -0.15) is 0 Å². The first-order valence-corrected chi connectivity index (χ1v) is 9.04. The Morgan fingerprint density at radius 1 is 1.20 bits per heavy atom. The van der Waals surface area contributed by atoms with Crippen molar-refractivity contribution in [3.63, 3.8) is 0 Å². The molecule has 25 heavy (non-hydrogen) atoms. The van der Waals surface area contributed by atoms with Gasteiger partial charge in [0.25, 0.3) is 0 Å². The highest BCUT2D eigenvalue weighted by Gasteiger charge is 2.29.